The van der Waals surface area contributed by atoms with Gasteiger partial charge in [-0.2, -0.15) is 0 Å². The van der Waals surface area contributed by atoms with Gasteiger partial charge in [0.25, 0.3) is 5.91 Å². The Hall–Kier alpha value is -1.66. The standard InChI is InChI=1S/C15H20N2O3S/c1-2-4-12-8-14(17-20-12)15(19)16-9-11(10-18)7-13-5-3-6-21-13/h3,5-6,8,11,18H,2,4,7,9-10H2,1H3,(H,16,19). The largest absolute Gasteiger partial charge is 0.396 e. The minimum Gasteiger partial charge on any atom is -0.396 e. The SMILES string of the molecule is CCCc1cc(C(=O)NCC(CO)Cc2cccs2)no1. The summed E-state index contributed by atoms with van der Waals surface area (Å²) in [5.41, 5.74) is 0.297. The minimum atomic E-state index is -0.259. The number of aliphatic hydroxyl groups is 1. The van der Waals surface area contributed by atoms with E-state index in [1.807, 2.05) is 24.4 Å². The normalized spacial score (nSPS) is 12.3. The van der Waals surface area contributed by atoms with Crippen molar-refractivity contribution >= 4 is 17.2 Å². The highest BCUT2D eigenvalue weighted by molar-refractivity contribution is 7.09. The highest BCUT2D eigenvalue weighted by atomic mass is 32.1. The number of aliphatic hydroxyl groups excluding tert-OH is 1. The van der Waals surface area contributed by atoms with Gasteiger partial charge in [0, 0.05) is 36.4 Å². The van der Waals surface area contributed by atoms with E-state index in [0.29, 0.717) is 12.2 Å². The lowest BCUT2D eigenvalue weighted by molar-refractivity contribution is 0.0931. The number of hydrogen-bond donors (Lipinski definition) is 2. The molecule has 2 heterocycles. The maximum absolute atomic E-state index is 12.0. The van der Waals surface area contributed by atoms with Gasteiger partial charge in [-0.15, -0.1) is 11.3 Å². The first-order valence-corrected chi connectivity index (χ1v) is 7.98. The lowest BCUT2D eigenvalue weighted by Gasteiger charge is -2.13. The van der Waals surface area contributed by atoms with Gasteiger partial charge in [0.05, 0.1) is 0 Å². The first-order chi connectivity index (χ1) is 10.2. The van der Waals surface area contributed by atoms with E-state index in [1.54, 1.807) is 17.4 Å². The van der Waals surface area contributed by atoms with Crippen LogP contribution in [-0.2, 0) is 12.8 Å². The van der Waals surface area contributed by atoms with Gasteiger partial charge in [0.15, 0.2) is 5.69 Å². The molecule has 21 heavy (non-hydrogen) atoms. The smallest absolute Gasteiger partial charge is 0.273 e. The summed E-state index contributed by atoms with van der Waals surface area (Å²) in [7, 11) is 0. The van der Waals surface area contributed by atoms with Crippen LogP contribution in [0.4, 0.5) is 0 Å². The van der Waals surface area contributed by atoms with Gasteiger partial charge in [-0.1, -0.05) is 18.1 Å². The fourth-order valence-corrected chi connectivity index (χ4v) is 2.85. The van der Waals surface area contributed by atoms with Crippen LogP contribution in [-0.4, -0.2) is 29.3 Å². The van der Waals surface area contributed by atoms with Crippen molar-refractivity contribution in [2.24, 2.45) is 5.92 Å². The molecule has 5 nitrogen and oxygen atoms in total. The summed E-state index contributed by atoms with van der Waals surface area (Å²) in [6.07, 6.45) is 2.48. The lowest BCUT2D eigenvalue weighted by Crippen LogP contribution is -2.31. The molecule has 2 N–H and O–H groups in total. The average Bonchev–Trinajstić information content (AvgIpc) is 3.15. The van der Waals surface area contributed by atoms with E-state index in [1.165, 1.54) is 4.88 Å². The second kappa shape index (κ2) is 7.95. The number of aromatic nitrogens is 1. The van der Waals surface area contributed by atoms with Crippen molar-refractivity contribution in [1.29, 1.82) is 0 Å². The Morgan fingerprint density at radius 2 is 2.43 bits per heavy atom. The predicted molar refractivity (Wildman–Crippen MR) is 81.4 cm³/mol. The Morgan fingerprint density at radius 3 is 3.10 bits per heavy atom. The van der Waals surface area contributed by atoms with Crippen LogP contribution in [0.1, 0.15) is 34.5 Å². The average molecular weight is 308 g/mol. The molecule has 0 aromatic carbocycles. The van der Waals surface area contributed by atoms with E-state index in [-0.39, 0.29) is 18.4 Å². The molecule has 2 aromatic rings. The molecule has 0 aliphatic carbocycles. The zero-order valence-electron chi connectivity index (χ0n) is 12.0. The number of carbonyl (C=O) groups excluding carboxylic acids is 1. The van der Waals surface area contributed by atoms with Crippen LogP contribution in [0.5, 0.6) is 0 Å². The summed E-state index contributed by atoms with van der Waals surface area (Å²) in [4.78, 5) is 13.2. The quantitative estimate of drug-likeness (QED) is 0.784. The van der Waals surface area contributed by atoms with Crippen LogP contribution in [0.3, 0.4) is 0 Å². The molecule has 0 radical (unpaired) electrons. The molecule has 0 fully saturated rings. The number of carbonyl (C=O) groups is 1. The zero-order valence-corrected chi connectivity index (χ0v) is 12.9. The van der Waals surface area contributed by atoms with Crippen molar-refractivity contribution in [3.8, 4) is 0 Å². The van der Waals surface area contributed by atoms with Gasteiger partial charge >= 0.3 is 0 Å². The van der Waals surface area contributed by atoms with E-state index in [4.69, 9.17) is 4.52 Å². The molecule has 1 amide bonds. The van der Waals surface area contributed by atoms with Crippen LogP contribution in [0.15, 0.2) is 28.1 Å². The molecule has 2 rings (SSSR count). The Bertz CT molecular complexity index is 551. The van der Waals surface area contributed by atoms with Crippen molar-refractivity contribution < 1.29 is 14.4 Å². The number of nitrogens with zero attached hydrogens (tertiary/aromatic N) is 1. The molecule has 0 saturated heterocycles. The maximum atomic E-state index is 12.0. The lowest BCUT2D eigenvalue weighted by atomic mass is 10.1. The van der Waals surface area contributed by atoms with Gasteiger partial charge < -0.3 is 14.9 Å². The molecule has 0 aliphatic rings. The first-order valence-electron chi connectivity index (χ1n) is 7.10. The molecular formula is C15H20N2O3S. The van der Waals surface area contributed by atoms with Gasteiger partial charge in [-0.25, -0.2) is 0 Å². The van der Waals surface area contributed by atoms with E-state index in [0.717, 1.165) is 25.0 Å². The van der Waals surface area contributed by atoms with E-state index < -0.39 is 0 Å². The van der Waals surface area contributed by atoms with Gasteiger partial charge in [-0.05, 0) is 24.3 Å². The van der Waals surface area contributed by atoms with E-state index in [9.17, 15) is 9.90 Å². The number of hydrogen-bond acceptors (Lipinski definition) is 5. The molecule has 0 aliphatic heterocycles. The molecule has 114 valence electrons. The number of rotatable bonds is 8. The minimum absolute atomic E-state index is 0.00890. The topological polar surface area (TPSA) is 75.4 Å². The summed E-state index contributed by atoms with van der Waals surface area (Å²) >= 11 is 1.65. The molecule has 0 saturated carbocycles. The highest BCUT2D eigenvalue weighted by Gasteiger charge is 2.15. The Labute approximate surface area is 128 Å². The van der Waals surface area contributed by atoms with Gasteiger partial charge in [0.2, 0.25) is 0 Å². The molecule has 1 unspecified atom stereocenters. The van der Waals surface area contributed by atoms with Crippen LogP contribution >= 0.6 is 11.3 Å². The molecule has 0 spiro atoms. The summed E-state index contributed by atoms with van der Waals surface area (Å²) < 4.78 is 5.09. The summed E-state index contributed by atoms with van der Waals surface area (Å²) in [5, 5.41) is 18.0. The van der Waals surface area contributed by atoms with Crippen LogP contribution in [0.2, 0.25) is 0 Å². The molecular weight excluding hydrogens is 288 g/mol. The van der Waals surface area contributed by atoms with Crippen LogP contribution in [0, 0.1) is 5.92 Å². The van der Waals surface area contributed by atoms with Crippen molar-refractivity contribution in [3.05, 3.63) is 39.9 Å². The third-order valence-electron chi connectivity index (χ3n) is 3.17. The number of thiophene rings is 1. The molecule has 6 heteroatoms. The maximum Gasteiger partial charge on any atom is 0.273 e. The predicted octanol–water partition coefficient (Wildman–Crippen LogP) is 2.27. The summed E-state index contributed by atoms with van der Waals surface area (Å²) in [6, 6.07) is 5.69. The third-order valence-corrected chi connectivity index (χ3v) is 4.07. The molecule has 1 atom stereocenters. The number of amides is 1. The Kier molecular flexibility index (Phi) is 5.95. The van der Waals surface area contributed by atoms with Crippen molar-refractivity contribution in [1.82, 2.24) is 10.5 Å². The Morgan fingerprint density at radius 1 is 1.57 bits per heavy atom. The third kappa shape index (κ3) is 4.68. The van der Waals surface area contributed by atoms with Gasteiger partial charge in [0.1, 0.15) is 5.76 Å². The van der Waals surface area contributed by atoms with E-state index in [2.05, 4.69) is 10.5 Å². The van der Waals surface area contributed by atoms with Crippen LogP contribution in [0.25, 0.3) is 0 Å². The van der Waals surface area contributed by atoms with Crippen LogP contribution < -0.4 is 5.32 Å². The second-order valence-corrected chi connectivity index (χ2v) is 6.00. The fourth-order valence-electron chi connectivity index (χ4n) is 2.03. The van der Waals surface area contributed by atoms with Crippen molar-refractivity contribution in [2.45, 2.75) is 26.2 Å². The summed E-state index contributed by atoms with van der Waals surface area (Å²) in [5.74, 6) is 0.472. The van der Waals surface area contributed by atoms with Crippen molar-refractivity contribution in [3.63, 3.8) is 0 Å². The monoisotopic (exact) mass is 308 g/mol. The first kappa shape index (κ1) is 15.7. The second-order valence-electron chi connectivity index (χ2n) is 4.97. The highest BCUT2D eigenvalue weighted by Crippen LogP contribution is 2.14. The summed E-state index contributed by atoms with van der Waals surface area (Å²) in [6.45, 7) is 2.50. The molecule has 0 bridgehead atoms. The Balaban J connectivity index is 1.83. The number of nitrogens with one attached hydrogen (secondary N) is 1. The van der Waals surface area contributed by atoms with Gasteiger partial charge in [-0.3, -0.25) is 4.79 Å². The zero-order chi connectivity index (χ0) is 15.1. The fraction of sp³-hybridized carbons (Fsp3) is 0.467. The number of aryl methyl sites for hydroxylation is 1. The molecule has 2 aromatic heterocycles. The van der Waals surface area contributed by atoms with Crippen molar-refractivity contribution in [2.75, 3.05) is 13.2 Å². The van der Waals surface area contributed by atoms with E-state index >= 15 is 0 Å².